The van der Waals surface area contributed by atoms with Gasteiger partial charge in [0, 0.05) is 39.9 Å². The van der Waals surface area contributed by atoms with Crippen LogP contribution in [0.25, 0.3) is 0 Å². The molecule has 0 bridgehead atoms. The van der Waals surface area contributed by atoms with E-state index in [0.717, 1.165) is 29.7 Å². The fraction of sp³-hybridized carbons (Fsp3) is 0.167. The Labute approximate surface area is 185 Å². The van der Waals surface area contributed by atoms with E-state index in [-0.39, 0.29) is 11.8 Å². The van der Waals surface area contributed by atoms with E-state index in [2.05, 4.69) is 5.32 Å². The first kappa shape index (κ1) is 20.5. The van der Waals surface area contributed by atoms with Crippen molar-refractivity contribution in [3.63, 3.8) is 0 Å². The number of fused-ring (bicyclic) bond motifs is 1. The van der Waals surface area contributed by atoms with Crippen molar-refractivity contribution in [3.05, 3.63) is 99.0 Å². The number of anilines is 1. The van der Waals surface area contributed by atoms with Crippen molar-refractivity contribution in [2.75, 3.05) is 11.4 Å². The lowest BCUT2D eigenvalue weighted by atomic mass is 9.98. The van der Waals surface area contributed by atoms with Crippen molar-refractivity contribution in [2.45, 2.75) is 19.4 Å². The molecule has 0 aliphatic carbocycles. The van der Waals surface area contributed by atoms with E-state index in [4.69, 9.17) is 23.2 Å². The van der Waals surface area contributed by atoms with Crippen molar-refractivity contribution in [3.8, 4) is 0 Å². The molecule has 0 saturated heterocycles. The molecular weight excluding hydrogens is 419 g/mol. The number of amides is 2. The number of carbonyl (C=O) groups excluding carboxylic acids is 2. The average Bonchev–Trinajstić information content (AvgIpc) is 2.77. The molecule has 1 aliphatic heterocycles. The standard InChI is InChI=1S/C24H20Cl2N2O2/c25-20-8-3-6-18(14-20)24(30)28-12-4-7-16-13-17(10-11-22(16)28)23(29)27-15-19-5-1-2-9-21(19)26/h1-3,5-6,8-11,13-14H,4,7,12,15H2,(H,27,29). The molecule has 6 heteroatoms. The zero-order valence-corrected chi connectivity index (χ0v) is 17.7. The van der Waals surface area contributed by atoms with Gasteiger partial charge in [0.05, 0.1) is 0 Å². The van der Waals surface area contributed by atoms with Crippen LogP contribution < -0.4 is 10.2 Å². The van der Waals surface area contributed by atoms with Gasteiger partial charge in [-0.1, -0.05) is 47.5 Å². The molecule has 0 aromatic heterocycles. The zero-order valence-electron chi connectivity index (χ0n) is 16.2. The summed E-state index contributed by atoms with van der Waals surface area (Å²) >= 11 is 12.2. The van der Waals surface area contributed by atoms with Gasteiger partial charge in [-0.2, -0.15) is 0 Å². The maximum absolute atomic E-state index is 13.0. The fourth-order valence-corrected chi connectivity index (χ4v) is 4.04. The van der Waals surface area contributed by atoms with Crippen molar-refractivity contribution in [2.24, 2.45) is 0 Å². The molecule has 1 heterocycles. The number of benzene rings is 3. The van der Waals surface area contributed by atoms with Gasteiger partial charge in [-0.25, -0.2) is 0 Å². The Hall–Kier alpha value is -2.82. The van der Waals surface area contributed by atoms with Crippen LogP contribution in [0.2, 0.25) is 10.0 Å². The van der Waals surface area contributed by atoms with Crippen LogP contribution in [-0.2, 0) is 13.0 Å². The Bertz CT molecular complexity index is 1110. The van der Waals surface area contributed by atoms with Crippen LogP contribution in [-0.4, -0.2) is 18.4 Å². The van der Waals surface area contributed by atoms with Crippen LogP contribution >= 0.6 is 23.2 Å². The lowest BCUT2D eigenvalue weighted by molar-refractivity contribution is 0.0950. The maximum Gasteiger partial charge on any atom is 0.258 e. The third-order valence-electron chi connectivity index (χ3n) is 5.17. The van der Waals surface area contributed by atoms with E-state index in [1.807, 2.05) is 30.3 Å². The van der Waals surface area contributed by atoms with E-state index < -0.39 is 0 Å². The quantitative estimate of drug-likeness (QED) is 0.582. The lowest BCUT2D eigenvalue weighted by Crippen LogP contribution is -2.35. The Kier molecular flexibility index (Phi) is 6.07. The third kappa shape index (κ3) is 4.35. The van der Waals surface area contributed by atoms with Crippen LogP contribution in [0.15, 0.2) is 66.7 Å². The molecule has 0 spiro atoms. The van der Waals surface area contributed by atoms with E-state index in [0.29, 0.717) is 34.3 Å². The number of nitrogens with zero attached hydrogens (tertiary/aromatic N) is 1. The highest BCUT2D eigenvalue weighted by molar-refractivity contribution is 6.31. The predicted molar refractivity (Wildman–Crippen MR) is 121 cm³/mol. The smallest absolute Gasteiger partial charge is 0.258 e. The summed E-state index contributed by atoms with van der Waals surface area (Å²) in [5.41, 5.74) is 3.81. The second kappa shape index (κ2) is 8.90. The minimum absolute atomic E-state index is 0.0885. The number of nitrogens with one attached hydrogen (secondary N) is 1. The van der Waals surface area contributed by atoms with Crippen LogP contribution in [0.3, 0.4) is 0 Å². The average molecular weight is 439 g/mol. The first-order valence-corrected chi connectivity index (χ1v) is 10.5. The van der Waals surface area contributed by atoms with E-state index in [1.165, 1.54) is 0 Å². The number of aryl methyl sites for hydroxylation is 1. The molecule has 0 saturated carbocycles. The first-order chi connectivity index (χ1) is 14.5. The molecule has 2 amide bonds. The molecule has 4 rings (SSSR count). The molecule has 152 valence electrons. The summed E-state index contributed by atoms with van der Waals surface area (Å²) in [5.74, 6) is -0.259. The van der Waals surface area contributed by atoms with E-state index in [1.54, 1.807) is 41.3 Å². The molecule has 30 heavy (non-hydrogen) atoms. The molecule has 1 aliphatic rings. The Balaban J connectivity index is 1.52. The Morgan fingerprint density at radius 3 is 2.57 bits per heavy atom. The van der Waals surface area contributed by atoms with Crippen LogP contribution in [0, 0.1) is 0 Å². The van der Waals surface area contributed by atoms with Crippen LogP contribution in [0.1, 0.15) is 38.3 Å². The highest BCUT2D eigenvalue weighted by Gasteiger charge is 2.24. The summed E-state index contributed by atoms with van der Waals surface area (Å²) in [6, 6.07) is 19.9. The Morgan fingerprint density at radius 1 is 0.933 bits per heavy atom. The van der Waals surface area contributed by atoms with Gasteiger partial charge < -0.3 is 10.2 Å². The van der Waals surface area contributed by atoms with Crippen molar-refractivity contribution < 1.29 is 9.59 Å². The third-order valence-corrected chi connectivity index (χ3v) is 5.78. The summed E-state index contributed by atoms with van der Waals surface area (Å²) in [6.07, 6.45) is 1.66. The zero-order chi connectivity index (χ0) is 21.1. The topological polar surface area (TPSA) is 49.4 Å². The van der Waals surface area contributed by atoms with Gasteiger partial charge in [0.1, 0.15) is 0 Å². The van der Waals surface area contributed by atoms with Gasteiger partial charge in [0.25, 0.3) is 11.8 Å². The second-order valence-electron chi connectivity index (χ2n) is 7.19. The molecule has 3 aromatic rings. The predicted octanol–water partition coefficient (Wildman–Crippen LogP) is 5.52. The maximum atomic E-state index is 13.0. The summed E-state index contributed by atoms with van der Waals surface area (Å²) in [4.78, 5) is 27.4. The molecule has 3 aromatic carbocycles. The van der Waals surface area contributed by atoms with Crippen molar-refractivity contribution >= 4 is 40.7 Å². The minimum Gasteiger partial charge on any atom is -0.348 e. The molecule has 4 nitrogen and oxygen atoms in total. The minimum atomic E-state index is -0.170. The summed E-state index contributed by atoms with van der Waals surface area (Å²) in [6.45, 7) is 0.991. The normalized spacial score (nSPS) is 12.9. The second-order valence-corrected chi connectivity index (χ2v) is 8.03. The Morgan fingerprint density at radius 2 is 1.77 bits per heavy atom. The SMILES string of the molecule is O=C(NCc1ccccc1Cl)c1ccc2c(c1)CCCN2C(=O)c1cccc(Cl)c1. The number of halogens is 2. The van der Waals surface area contributed by atoms with Gasteiger partial charge in [-0.05, 0) is 66.4 Å². The van der Waals surface area contributed by atoms with Crippen molar-refractivity contribution in [1.82, 2.24) is 5.32 Å². The van der Waals surface area contributed by atoms with E-state index >= 15 is 0 Å². The molecule has 0 atom stereocenters. The first-order valence-electron chi connectivity index (χ1n) is 9.75. The molecule has 0 unspecified atom stereocenters. The van der Waals surface area contributed by atoms with Gasteiger partial charge in [-0.3, -0.25) is 9.59 Å². The molecule has 0 fully saturated rings. The van der Waals surface area contributed by atoms with E-state index in [9.17, 15) is 9.59 Å². The highest BCUT2D eigenvalue weighted by Crippen LogP contribution is 2.30. The lowest BCUT2D eigenvalue weighted by Gasteiger charge is -2.30. The van der Waals surface area contributed by atoms with Gasteiger partial charge in [0.15, 0.2) is 0 Å². The van der Waals surface area contributed by atoms with Crippen LogP contribution in [0.5, 0.6) is 0 Å². The molecule has 1 N–H and O–H groups in total. The van der Waals surface area contributed by atoms with Gasteiger partial charge in [0.2, 0.25) is 0 Å². The number of hydrogen-bond acceptors (Lipinski definition) is 2. The largest absolute Gasteiger partial charge is 0.348 e. The van der Waals surface area contributed by atoms with Crippen LogP contribution in [0.4, 0.5) is 5.69 Å². The molecular formula is C24H20Cl2N2O2. The summed E-state index contributed by atoms with van der Waals surface area (Å²) < 4.78 is 0. The molecule has 0 radical (unpaired) electrons. The van der Waals surface area contributed by atoms with Gasteiger partial charge in [-0.15, -0.1) is 0 Å². The summed E-state index contributed by atoms with van der Waals surface area (Å²) in [7, 11) is 0. The highest BCUT2D eigenvalue weighted by atomic mass is 35.5. The summed E-state index contributed by atoms with van der Waals surface area (Å²) in [5, 5.41) is 4.07. The number of rotatable bonds is 4. The van der Waals surface area contributed by atoms with Crippen molar-refractivity contribution in [1.29, 1.82) is 0 Å². The van der Waals surface area contributed by atoms with Gasteiger partial charge >= 0.3 is 0 Å². The number of carbonyl (C=O) groups is 2. The monoisotopic (exact) mass is 438 g/mol. The number of hydrogen-bond donors (Lipinski definition) is 1. The fourth-order valence-electron chi connectivity index (χ4n) is 3.65.